The van der Waals surface area contributed by atoms with Gasteiger partial charge in [-0.2, -0.15) is 0 Å². The minimum Gasteiger partial charge on any atom is -0.427 e. The molecule has 0 unspecified atom stereocenters. The molecule has 0 saturated heterocycles. The molecule has 2 amide bonds. The maximum Gasteiger partial charge on any atom is 0.308 e. The summed E-state index contributed by atoms with van der Waals surface area (Å²) in [7, 11) is 0. The normalized spacial score (nSPS) is 11.5. The molecule has 0 radical (unpaired) electrons. The largest absolute Gasteiger partial charge is 0.427 e. The van der Waals surface area contributed by atoms with Crippen LogP contribution in [0.15, 0.2) is 42.5 Å². The summed E-state index contributed by atoms with van der Waals surface area (Å²) in [5.41, 5.74) is 6.11. The van der Waals surface area contributed by atoms with Crippen LogP contribution in [0.1, 0.15) is 22.8 Å². The first-order valence-corrected chi connectivity index (χ1v) is 8.35. The second-order valence-corrected chi connectivity index (χ2v) is 6.27. The van der Waals surface area contributed by atoms with E-state index in [2.05, 4.69) is 5.32 Å². The summed E-state index contributed by atoms with van der Waals surface area (Å²) in [5, 5.41) is 3.29. The van der Waals surface area contributed by atoms with Gasteiger partial charge in [0.15, 0.2) is 0 Å². The number of nitrogens with two attached hydrogens (primary N) is 1. The summed E-state index contributed by atoms with van der Waals surface area (Å²) in [6, 6.07) is 9.91. The van der Waals surface area contributed by atoms with E-state index in [9.17, 15) is 14.4 Å². The fraction of sp³-hybridized carbons (Fsp3) is 0.167. The van der Waals surface area contributed by atoms with Crippen molar-refractivity contribution in [3.8, 4) is 5.75 Å². The van der Waals surface area contributed by atoms with Crippen molar-refractivity contribution in [2.75, 3.05) is 0 Å². The molecule has 0 saturated carbocycles. The first-order chi connectivity index (χ1) is 12.3. The summed E-state index contributed by atoms with van der Waals surface area (Å²) < 4.78 is 4.94. The van der Waals surface area contributed by atoms with E-state index in [1.165, 1.54) is 25.1 Å². The fourth-order valence-corrected chi connectivity index (χ4v) is 2.81. The molecule has 0 spiro atoms. The van der Waals surface area contributed by atoms with Crippen LogP contribution < -0.4 is 15.8 Å². The summed E-state index contributed by atoms with van der Waals surface area (Å²) >= 11 is 12.2. The Hall–Kier alpha value is -2.57. The van der Waals surface area contributed by atoms with Crippen LogP contribution in [-0.2, 0) is 16.0 Å². The number of amides is 2. The van der Waals surface area contributed by atoms with Crippen LogP contribution in [0, 0.1) is 0 Å². The monoisotopic (exact) mass is 394 g/mol. The second-order valence-electron chi connectivity index (χ2n) is 5.45. The molecule has 1 atom stereocenters. The van der Waals surface area contributed by atoms with Crippen LogP contribution in [0.3, 0.4) is 0 Å². The molecule has 2 rings (SSSR count). The molecule has 0 aliphatic carbocycles. The van der Waals surface area contributed by atoms with Crippen molar-refractivity contribution >= 4 is 41.0 Å². The van der Waals surface area contributed by atoms with Crippen LogP contribution in [0.25, 0.3) is 0 Å². The van der Waals surface area contributed by atoms with Crippen molar-refractivity contribution in [1.82, 2.24) is 5.32 Å². The van der Waals surface area contributed by atoms with Crippen molar-refractivity contribution in [2.24, 2.45) is 5.73 Å². The van der Waals surface area contributed by atoms with Gasteiger partial charge < -0.3 is 15.8 Å². The van der Waals surface area contributed by atoms with Gasteiger partial charge in [-0.15, -0.1) is 0 Å². The second kappa shape index (κ2) is 8.69. The lowest BCUT2D eigenvalue weighted by Gasteiger charge is -2.17. The highest BCUT2D eigenvalue weighted by molar-refractivity contribution is 6.36. The SMILES string of the molecule is CC(=O)Oc1cccc(C(=O)N[C@H](Cc2c(Cl)cccc2Cl)C(N)=O)c1. The van der Waals surface area contributed by atoms with Crippen molar-refractivity contribution in [1.29, 1.82) is 0 Å². The molecule has 2 aromatic rings. The van der Waals surface area contributed by atoms with Gasteiger partial charge in [-0.05, 0) is 35.9 Å². The highest BCUT2D eigenvalue weighted by atomic mass is 35.5. The fourth-order valence-electron chi connectivity index (χ4n) is 2.26. The third kappa shape index (κ3) is 5.21. The van der Waals surface area contributed by atoms with Crippen molar-refractivity contribution in [2.45, 2.75) is 19.4 Å². The van der Waals surface area contributed by atoms with Crippen LogP contribution in [0.4, 0.5) is 0 Å². The molecule has 6 nitrogen and oxygen atoms in total. The number of hydrogen-bond donors (Lipinski definition) is 2. The minimum atomic E-state index is -1.02. The van der Waals surface area contributed by atoms with E-state index < -0.39 is 23.8 Å². The van der Waals surface area contributed by atoms with Gasteiger partial charge in [0.05, 0.1) is 0 Å². The molecule has 0 heterocycles. The van der Waals surface area contributed by atoms with Crippen molar-refractivity contribution in [3.63, 3.8) is 0 Å². The zero-order chi connectivity index (χ0) is 19.3. The molecule has 0 aliphatic rings. The van der Waals surface area contributed by atoms with Crippen LogP contribution in [0.5, 0.6) is 5.75 Å². The quantitative estimate of drug-likeness (QED) is 0.581. The molecule has 0 fully saturated rings. The molecule has 8 heteroatoms. The van der Waals surface area contributed by atoms with Gasteiger partial charge in [0.2, 0.25) is 5.91 Å². The number of primary amides is 1. The van der Waals surface area contributed by atoms with E-state index in [0.29, 0.717) is 15.6 Å². The molecule has 136 valence electrons. The number of carbonyl (C=O) groups excluding carboxylic acids is 3. The molecule has 2 aromatic carbocycles. The van der Waals surface area contributed by atoms with Crippen molar-refractivity contribution in [3.05, 3.63) is 63.6 Å². The van der Waals surface area contributed by atoms with Gasteiger partial charge in [0.1, 0.15) is 11.8 Å². The van der Waals surface area contributed by atoms with E-state index in [1.54, 1.807) is 24.3 Å². The molecule has 26 heavy (non-hydrogen) atoms. The number of halogens is 2. The highest BCUT2D eigenvalue weighted by Gasteiger charge is 2.22. The summed E-state index contributed by atoms with van der Waals surface area (Å²) in [6.07, 6.45) is 0.0449. The predicted molar refractivity (Wildman–Crippen MR) is 98.4 cm³/mol. The Labute approximate surface area is 160 Å². The van der Waals surface area contributed by atoms with E-state index in [-0.39, 0.29) is 17.7 Å². The molecule has 3 N–H and O–H groups in total. The average Bonchev–Trinajstić information content (AvgIpc) is 2.56. The average molecular weight is 395 g/mol. The lowest BCUT2D eigenvalue weighted by Crippen LogP contribution is -2.46. The summed E-state index contributed by atoms with van der Waals surface area (Å²) in [4.78, 5) is 35.2. The molecule has 0 aromatic heterocycles. The number of rotatable bonds is 6. The Morgan fingerprint density at radius 2 is 1.73 bits per heavy atom. The topological polar surface area (TPSA) is 98.5 Å². The molecular weight excluding hydrogens is 379 g/mol. The number of benzene rings is 2. The van der Waals surface area contributed by atoms with E-state index in [0.717, 1.165) is 0 Å². The first kappa shape index (κ1) is 19.8. The highest BCUT2D eigenvalue weighted by Crippen LogP contribution is 2.25. The van der Waals surface area contributed by atoms with E-state index in [4.69, 9.17) is 33.7 Å². The zero-order valence-electron chi connectivity index (χ0n) is 13.8. The Balaban J connectivity index is 2.18. The first-order valence-electron chi connectivity index (χ1n) is 7.59. The lowest BCUT2D eigenvalue weighted by molar-refractivity contribution is -0.131. The summed E-state index contributed by atoms with van der Waals surface area (Å²) in [5.74, 6) is -1.57. The van der Waals surface area contributed by atoms with Crippen molar-refractivity contribution < 1.29 is 19.1 Å². The third-order valence-electron chi connectivity index (χ3n) is 3.48. The number of esters is 1. The molecule has 0 aliphatic heterocycles. The standard InChI is InChI=1S/C18H16Cl2N2O4/c1-10(23)26-12-5-2-4-11(8-12)18(25)22-16(17(21)24)9-13-14(19)6-3-7-15(13)20/h2-8,16H,9H2,1H3,(H2,21,24)(H,22,25)/t16-/m1/s1. The van der Waals surface area contributed by atoms with E-state index in [1.807, 2.05) is 0 Å². The van der Waals surface area contributed by atoms with Gasteiger partial charge >= 0.3 is 5.97 Å². The van der Waals surface area contributed by atoms with Crippen LogP contribution >= 0.6 is 23.2 Å². The van der Waals surface area contributed by atoms with Gasteiger partial charge in [-0.1, -0.05) is 35.3 Å². The van der Waals surface area contributed by atoms with Gasteiger partial charge in [-0.3, -0.25) is 14.4 Å². The third-order valence-corrected chi connectivity index (χ3v) is 4.18. The lowest BCUT2D eigenvalue weighted by atomic mass is 10.0. The zero-order valence-corrected chi connectivity index (χ0v) is 15.3. The Kier molecular flexibility index (Phi) is 6.60. The number of hydrogen-bond acceptors (Lipinski definition) is 4. The number of ether oxygens (including phenoxy) is 1. The Bertz CT molecular complexity index is 835. The number of nitrogens with one attached hydrogen (secondary N) is 1. The van der Waals surface area contributed by atoms with Gasteiger partial charge in [0.25, 0.3) is 5.91 Å². The Morgan fingerprint density at radius 3 is 2.31 bits per heavy atom. The van der Waals surface area contributed by atoms with Gasteiger partial charge in [-0.25, -0.2) is 0 Å². The van der Waals surface area contributed by atoms with Gasteiger partial charge in [0, 0.05) is 29.0 Å². The predicted octanol–water partition coefficient (Wildman–Crippen LogP) is 2.75. The van der Waals surface area contributed by atoms with Crippen LogP contribution in [-0.4, -0.2) is 23.8 Å². The molecule has 0 bridgehead atoms. The Morgan fingerprint density at radius 1 is 1.12 bits per heavy atom. The maximum absolute atomic E-state index is 12.4. The molecular formula is C18H16Cl2N2O4. The summed E-state index contributed by atoms with van der Waals surface area (Å²) in [6.45, 7) is 1.25. The van der Waals surface area contributed by atoms with E-state index >= 15 is 0 Å². The number of carbonyl (C=O) groups is 3. The maximum atomic E-state index is 12.4. The smallest absolute Gasteiger partial charge is 0.308 e. The minimum absolute atomic E-state index is 0.0449. The van der Waals surface area contributed by atoms with Crippen LogP contribution in [0.2, 0.25) is 10.0 Å².